The van der Waals surface area contributed by atoms with Gasteiger partial charge in [-0.3, -0.25) is 0 Å². The number of rotatable bonds is 5. The van der Waals surface area contributed by atoms with E-state index < -0.39 is 11.1 Å². The van der Waals surface area contributed by atoms with Gasteiger partial charge >= 0.3 is 6.09 Å². The summed E-state index contributed by atoms with van der Waals surface area (Å²) in [5.74, 6) is 0. The molecule has 1 heterocycles. The Balaban J connectivity index is 0.000000516. The molecule has 162 valence electrons. The third-order valence-electron chi connectivity index (χ3n) is 5.15. The van der Waals surface area contributed by atoms with Gasteiger partial charge in [-0.15, -0.1) is 0 Å². The van der Waals surface area contributed by atoms with Gasteiger partial charge in [-0.1, -0.05) is 51.1 Å². The third kappa shape index (κ3) is 8.00. The van der Waals surface area contributed by atoms with Crippen molar-refractivity contribution < 1.29 is 14.3 Å². The third-order valence-corrected chi connectivity index (χ3v) is 5.15. The monoisotopic (exact) mass is 403 g/mol. The Labute approximate surface area is 175 Å². The second-order valence-corrected chi connectivity index (χ2v) is 8.19. The van der Waals surface area contributed by atoms with Gasteiger partial charge in [-0.25, -0.2) is 9.59 Å². The van der Waals surface area contributed by atoms with Crippen molar-refractivity contribution in [3.05, 3.63) is 35.9 Å². The largest absolute Gasteiger partial charge is 0.444 e. The molecular formula is C23H37N3O3. The van der Waals surface area contributed by atoms with Gasteiger partial charge in [0.2, 0.25) is 6.08 Å². The number of amides is 1. The van der Waals surface area contributed by atoms with Crippen LogP contribution >= 0.6 is 0 Å². The number of hydrogen-bond donors (Lipinski definition) is 0. The fraction of sp³-hybridized carbons (Fsp3) is 0.652. The zero-order valence-corrected chi connectivity index (χ0v) is 18.9. The van der Waals surface area contributed by atoms with Crippen molar-refractivity contribution in [3.8, 4) is 0 Å². The Morgan fingerprint density at radius 1 is 1.10 bits per heavy atom. The number of piperidine rings is 1. The molecule has 1 amide bonds. The highest BCUT2D eigenvalue weighted by atomic mass is 16.6. The van der Waals surface area contributed by atoms with Crippen LogP contribution in [0.1, 0.15) is 59.9 Å². The second-order valence-electron chi connectivity index (χ2n) is 8.19. The predicted molar refractivity (Wildman–Crippen MR) is 117 cm³/mol. The average Bonchev–Trinajstić information content (AvgIpc) is 2.70. The van der Waals surface area contributed by atoms with Crippen LogP contribution in [-0.4, -0.2) is 60.3 Å². The van der Waals surface area contributed by atoms with E-state index in [0.29, 0.717) is 25.9 Å². The first-order chi connectivity index (χ1) is 13.7. The molecular weight excluding hydrogens is 366 g/mol. The predicted octanol–water partition coefficient (Wildman–Crippen LogP) is 4.60. The van der Waals surface area contributed by atoms with Crippen molar-refractivity contribution in [2.45, 2.75) is 65.5 Å². The van der Waals surface area contributed by atoms with Gasteiger partial charge in [0.25, 0.3) is 0 Å². The molecule has 1 fully saturated rings. The van der Waals surface area contributed by atoms with Crippen molar-refractivity contribution in [1.29, 1.82) is 0 Å². The lowest BCUT2D eigenvalue weighted by Crippen LogP contribution is -2.46. The Morgan fingerprint density at radius 3 is 2.00 bits per heavy atom. The van der Waals surface area contributed by atoms with Crippen LogP contribution in [0.4, 0.5) is 4.79 Å². The normalized spacial score (nSPS) is 15.8. The molecule has 1 aliphatic heterocycles. The van der Waals surface area contributed by atoms with Gasteiger partial charge in [0.1, 0.15) is 11.1 Å². The Morgan fingerprint density at radius 2 is 1.62 bits per heavy atom. The summed E-state index contributed by atoms with van der Waals surface area (Å²) >= 11 is 0. The smallest absolute Gasteiger partial charge is 0.410 e. The summed E-state index contributed by atoms with van der Waals surface area (Å²) in [6.45, 7) is 16.7. The molecule has 1 aromatic carbocycles. The van der Waals surface area contributed by atoms with E-state index in [0.717, 1.165) is 5.56 Å². The lowest BCUT2D eigenvalue weighted by Gasteiger charge is -2.38. The van der Waals surface area contributed by atoms with E-state index in [1.54, 1.807) is 11.0 Å². The number of carbonyl (C=O) groups excluding carboxylic acids is 2. The number of likely N-dealkylation sites (tertiary alicyclic amines) is 1. The van der Waals surface area contributed by atoms with E-state index in [1.165, 1.54) is 19.6 Å². The molecule has 0 spiro atoms. The molecule has 1 aromatic rings. The highest BCUT2D eigenvalue weighted by Gasteiger charge is 2.38. The Kier molecular flexibility index (Phi) is 10.1. The molecule has 1 aliphatic rings. The maximum atomic E-state index is 12.1. The summed E-state index contributed by atoms with van der Waals surface area (Å²) in [5, 5.41) is 0. The van der Waals surface area contributed by atoms with Gasteiger partial charge < -0.3 is 14.5 Å². The number of nitrogens with zero attached hydrogens (tertiary/aromatic N) is 3. The fourth-order valence-electron chi connectivity index (χ4n) is 3.36. The van der Waals surface area contributed by atoms with Gasteiger partial charge in [0, 0.05) is 13.1 Å². The van der Waals surface area contributed by atoms with Crippen LogP contribution in [0.5, 0.6) is 0 Å². The Hall–Kier alpha value is -2.17. The quantitative estimate of drug-likeness (QED) is 0.533. The van der Waals surface area contributed by atoms with Crippen LogP contribution in [0, 0.1) is 0 Å². The minimum Gasteiger partial charge on any atom is -0.444 e. The average molecular weight is 404 g/mol. The van der Waals surface area contributed by atoms with E-state index in [-0.39, 0.29) is 6.09 Å². The van der Waals surface area contributed by atoms with Crippen molar-refractivity contribution in [1.82, 2.24) is 9.80 Å². The molecule has 0 aliphatic carbocycles. The molecule has 6 nitrogen and oxygen atoms in total. The van der Waals surface area contributed by atoms with Crippen LogP contribution in [0.25, 0.3) is 0 Å². The van der Waals surface area contributed by atoms with E-state index in [4.69, 9.17) is 4.74 Å². The maximum absolute atomic E-state index is 12.1. The molecule has 1 saturated heterocycles. The lowest BCUT2D eigenvalue weighted by molar-refractivity contribution is 0.0167. The van der Waals surface area contributed by atoms with Crippen LogP contribution in [0.3, 0.4) is 0 Å². The maximum Gasteiger partial charge on any atom is 0.410 e. The molecule has 0 radical (unpaired) electrons. The molecule has 6 heteroatoms. The fourth-order valence-corrected chi connectivity index (χ4v) is 3.36. The highest BCUT2D eigenvalue weighted by Crippen LogP contribution is 2.36. The first kappa shape index (κ1) is 24.9. The number of aliphatic imine (C=N–C) groups is 1. The number of benzene rings is 1. The lowest BCUT2D eigenvalue weighted by atomic mass is 9.81. The standard InChI is InChI=1S/C17H22N2O3.C6H15N/c1-16(2,3)22-15(21)19-11-9-17(10-12-19,18-13-20)14-7-5-4-6-8-14;1-4-7(5-2)6-3/h4-8H,9-12H2,1-3H3;4-6H2,1-3H3. The molecule has 29 heavy (non-hydrogen) atoms. The van der Waals surface area contributed by atoms with Gasteiger partial charge in [0.05, 0.1) is 0 Å². The van der Waals surface area contributed by atoms with E-state index in [1.807, 2.05) is 51.1 Å². The zero-order chi connectivity index (χ0) is 21.9. The summed E-state index contributed by atoms with van der Waals surface area (Å²) < 4.78 is 5.39. The van der Waals surface area contributed by atoms with E-state index in [2.05, 4.69) is 30.7 Å². The second kappa shape index (κ2) is 11.7. The van der Waals surface area contributed by atoms with Gasteiger partial charge in [-0.2, -0.15) is 4.99 Å². The number of isocyanates is 1. The van der Waals surface area contributed by atoms with Crippen LogP contribution < -0.4 is 0 Å². The van der Waals surface area contributed by atoms with Crippen LogP contribution in [0.15, 0.2) is 35.3 Å². The first-order valence-corrected chi connectivity index (χ1v) is 10.6. The number of carbonyl (C=O) groups is 1. The van der Waals surface area contributed by atoms with Crippen molar-refractivity contribution in [2.24, 2.45) is 4.99 Å². The molecule has 0 bridgehead atoms. The summed E-state index contributed by atoms with van der Waals surface area (Å²) in [7, 11) is 0. The van der Waals surface area contributed by atoms with Crippen LogP contribution in [-0.2, 0) is 15.1 Å². The minimum absolute atomic E-state index is 0.316. The van der Waals surface area contributed by atoms with Crippen molar-refractivity contribution in [3.63, 3.8) is 0 Å². The molecule has 0 saturated carbocycles. The number of hydrogen-bond acceptors (Lipinski definition) is 5. The molecule has 0 N–H and O–H groups in total. The van der Waals surface area contributed by atoms with Crippen molar-refractivity contribution >= 4 is 12.2 Å². The number of ether oxygens (including phenoxy) is 1. The van der Waals surface area contributed by atoms with Gasteiger partial charge in [0.15, 0.2) is 0 Å². The van der Waals surface area contributed by atoms with E-state index in [9.17, 15) is 9.59 Å². The molecule has 2 rings (SSSR count). The zero-order valence-electron chi connectivity index (χ0n) is 18.9. The summed E-state index contributed by atoms with van der Waals surface area (Å²) in [6.07, 6.45) is 2.56. The van der Waals surface area contributed by atoms with E-state index >= 15 is 0 Å². The minimum atomic E-state index is -0.582. The summed E-state index contributed by atoms with van der Waals surface area (Å²) in [4.78, 5) is 31.1. The van der Waals surface area contributed by atoms with Crippen LogP contribution in [0.2, 0.25) is 0 Å². The van der Waals surface area contributed by atoms with Crippen molar-refractivity contribution in [2.75, 3.05) is 32.7 Å². The molecule has 0 aromatic heterocycles. The topological polar surface area (TPSA) is 62.2 Å². The summed E-state index contributed by atoms with van der Waals surface area (Å²) in [5.41, 5.74) is -0.102. The Bertz CT molecular complexity index is 646. The van der Waals surface area contributed by atoms with Gasteiger partial charge in [-0.05, 0) is 58.8 Å². The molecule has 0 atom stereocenters. The summed E-state index contributed by atoms with van der Waals surface area (Å²) in [6, 6.07) is 9.71. The highest BCUT2D eigenvalue weighted by molar-refractivity contribution is 5.68. The molecule has 0 unspecified atom stereocenters. The SMILES string of the molecule is CC(C)(C)OC(=O)N1CCC(N=C=O)(c2ccccc2)CC1.CCN(CC)CC. The first-order valence-electron chi connectivity index (χ1n) is 10.6.